The van der Waals surface area contributed by atoms with Crippen LogP contribution in [0.4, 0.5) is 0 Å². The Bertz CT molecular complexity index is 3280. The molecule has 10 heterocycles. The SMILES string of the molecule is CC(=O)NC1[C@H](O)OC(CO)[C@@H](O[C@@H]2OC(CO)[C@H](O)[C@H](O)C2O)[C@@H]1O[C@@H]1OC(C)[C@@H](O)[C@H](O)C1O.CC(=O)NC1[C@H](OCN)OC(CO)[C@@H](O[C@@H]2OC(CO)[C@@H](O[C@@H]3OC(CO[C@@H]4C[C@@H](O)[C@H](O)C(CO)O4)[C@@H](O)[C@H](O[C@@H]4OC(CO)[C@H](O)C(O)[C@@H]4O[C@@H]4OC(CO)[C@@H](O[C@@H]5OC(CO)[C@H](O)[C@H](O)C5O)[C@H](O)C4NC(C)=O)C3O)[C@H](O)C2NC(C)=O)[C@@H]1O. The predicted molar refractivity (Wildman–Crippen MR) is 385 cm³/mol. The summed E-state index contributed by atoms with van der Waals surface area (Å²) in [4.78, 5) is 49.6. The summed E-state index contributed by atoms with van der Waals surface area (Å²) in [5.41, 5.74) is 5.54. The summed E-state index contributed by atoms with van der Waals surface area (Å²) in [7, 11) is 0. The fourth-order valence-corrected chi connectivity index (χ4v) is 15.7. The monoisotopic (exact) mass is 1820 g/mol. The first kappa shape index (κ1) is 104. The van der Waals surface area contributed by atoms with E-state index in [0.717, 1.165) is 27.7 Å². The topological polar surface area (TPSA) is 864 Å². The van der Waals surface area contributed by atoms with Gasteiger partial charge in [0.1, 0.15) is 226 Å². The highest BCUT2D eigenvalue weighted by Crippen LogP contribution is 2.40. The number of hydrogen-bond donors (Lipinski definition) is 32. The molecule has 10 aliphatic rings. The number of carbonyl (C=O) groups is 4. The van der Waals surface area contributed by atoms with Crippen LogP contribution in [-0.2, 0) is 109 Å². The first-order valence-electron chi connectivity index (χ1n) is 39.6. The second kappa shape index (κ2) is 46.4. The normalized spacial score (nSPS) is 48.3. The van der Waals surface area contributed by atoms with Gasteiger partial charge in [0, 0.05) is 34.1 Å². The number of nitrogens with two attached hydrogens (primary N) is 1. The summed E-state index contributed by atoms with van der Waals surface area (Å²) in [6.07, 6.45) is -80.7. The number of ether oxygens (including phenoxy) is 19. The van der Waals surface area contributed by atoms with Gasteiger partial charge < -0.3 is 255 Å². The van der Waals surface area contributed by atoms with Crippen molar-refractivity contribution in [1.29, 1.82) is 0 Å². The molecular formula is C69H119N5O50. The van der Waals surface area contributed by atoms with Crippen molar-refractivity contribution in [2.24, 2.45) is 5.73 Å². The molecule has 4 amide bonds. The Morgan fingerprint density at radius 2 is 0.605 bits per heavy atom. The Kier molecular flexibility index (Phi) is 38.8. The van der Waals surface area contributed by atoms with Gasteiger partial charge in [-0.15, -0.1) is 0 Å². The molecule has 124 heavy (non-hydrogen) atoms. The number of rotatable bonds is 31. The van der Waals surface area contributed by atoms with Crippen LogP contribution in [0.2, 0.25) is 0 Å². The van der Waals surface area contributed by atoms with Crippen LogP contribution >= 0.6 is 0 Å². The van der Waals surface area contributed by atoms with Crippen LogP contribution in [0.5, 0.6) is 0 Å². The zero-order valence-corrected chi connectivity index (χ0v) is 67.1. The third-order valence-electron chi connectivity index (χ3n) is 22.3. The fraction of sp³-hybridized carbons (Fsp3) is 0.942. The third-order valence-corrected chi connectivity index (χ3v) is 22.3. The van der Waals surface area contributed by atoms with Crippen LogP contribution in [0.25, 0.3) is 0 Å². The lowest BCUT2D eigenvalue weighted by Crippen LogP contribution is -2.71. The Balaban J connectivity index is 0.000000402. The molecule has 0 spiro atoms. The highest BCUT2D eigenvalue weighted by atomic mass is 16.8. The molecule has 55 nitrogen and oxygen atoms in total. The summed E-state index contributed by atoms with van der Waals surface area (Å²) < 4.78 is 110. The standard InChI is InChI=1S/C49H84N4O35.C20H35NO15/c1-13(60)51-25-32(68)39(20(8-57)80-44(25)76-12-50)84-45-26(52-14(2)61)33(69)41(22(10-59)81-45)86-48-38(74)42(31(67)23(83-48)11-75-24-4-16(63)28(64)17(5-54)77-24)87-49-43(36(72)30(66)19(7-56)79-49)88-46-27(53-15(3)62)34(70)40(21(9-58)82-46)85-47-37(73)35(71)29(65)18(6-55)78-47;1-5-10(25)12(27)14(29)19(32-5)36-17-9(21-6(2)24)18(31)33-8(4-23)16(17)35-20-15(30)13(28)11(26)7(3-22)34-20/h16-49,54-59,63-74H,4-12,50H2,1-3H3,(H,51,60)(H,52,61)(H,53,62);5,7-20,22-23,25-31H,3-4H2,1-2H3,(H,21,24)/t16-,17?,18?,19?,20?,21?,22?,23?,24+,25?,26?,27?,28+,29+,30+,31-,32-,33-,34-,35+,36?,37?,38?,39-,40-,41-,42+,43+,44-,45+,46+,47+,48+,49+;5?,7?,8?,9?,10-,11+,12+,13+,14?,15?,16-,17-,18-,19+,20+/m11/s1. The molecule has 55 heteroatoms. The molecule has 0 aromatic rings. The van der Waals surface area contributed by atoms with Crippen molar-refractivity contribution in [3.8, 4) is 0 Å². The molecular weight excluding hydrogens is 1700 g/mol. The van der Waals surface area contributed by atoms with E-state index in [1.54, 1.807) is 0 Å². The third kappa shape index (κ3) is 23.9. The maximum atomic E-state index is 12.8. The number of aliphatic hydroxyl groups excluding tert-OH is 27. The zero-order chi connectivity index (χ0) is 91.6. The van der Waals surface area contributed by atoms with Crippen molar-refractivity contribution < 1.29 is 247 Å². The molecule has 49 atom stereocenters. The second-order valence-electron chi connectivity index (χ2n) is 31.1. The molecule has 0 aromatic carbocycles. The van der Waals surface area contributed by atoms with Gasteiger partial charge in [-0.25, -0.2) is 0 Å². The van der Waals surface area contributed by atoms with Gasteiger partial charge in [0.25, 0.3) is 0 Å². The van der Waals surface area contributed by atoms with Gasteiger partial charge in [0.05, 0.1) is 78.4 Å². The van der Waals surface area contributed by atoms with Crippen LogP contribution in [0.1, 0.15) is 41.0 Å². The molecule has 0 radical (unpaired) electrons. The van der Waals surface area contributed by atoms with E-state index in [2.05, 4.69) is 21.3 Å². The van der Waals surface area contributed by atoms with Gasteiger partial charge in [0.15, 0.2) is 62.9 Å². The quantitative estimate of drug-likeness (QED) is 0.0287. The Hall–Kier alpha value is -4.00. The Morgan fingerprint density at radius 3 is 1.04 bits per heavy atom. The van der Waals surface area contributed by atoms with Crippen LogP contribution < -0.4 is 27.0 Å². The minimum Gasteiger partial charge on any atom is -0.394 e. The van der Waals surface area contributed by atoms with Gasteiger partial charge in [-0.2, -0.15) is 0 Å². The van der Waals surface area contributed by atoms with Crippen molar-refractivity contribution in [2.45, 2.75) is 342 Å². The van der Waals surface area contributed by atoms with E-state index in [9.17, 15) is 157 Å². The van der Waals surface area contributed by atoms with Crippen LogP contribution in [0, 0.1) is 0 Å². The second-order valence-corrected chi connectivity index (χ2v) is 31.1. The molecule has 0 saturated carbocycles. The fourth-order valence-electron chi connectivity index (χ4n) is 15.7. The average molecular weight is 1820 g/mol. The summed E-state index contributed by atoms with van der Waals surface area (Å²) in [6.45, 7) is -2.93. The highest BCUT2D eigenvalue weighted by molar-refractivity contribution is 5.74. The number of amides is 4. The van der Waals surface area contributed by atoms with E-state index in [-0.39, 0.29) is 0 Å². The number of aliphatic hydroxyl groups is 27. The van der Waals surface area contributed by atoms with Crippen molar-refractivity contribution in [3.05, 3.63) is 0 Å². The van der Waals surface area contributed by atoms with Crippen molar-refractivity contribution in [2.75, 3.05) is 66.2 Å². The van der Waals surface area contributed by atoms with E-state index in [0.29, 0.717) is 0 Å². The minimum absolute atomic E-state index is 0.424. The minimum atomic E-state index is -2.36. The molecule has 0 aromatic heterocycles. The lowest BCUT2D eigenvalue weighted by atomic mass is 9.93. The molecule has 10 fully saturated rings. The largest absolute Gasteiger partial charge is 0.394 e. The number of hydrogen-bond acceptors (Lipinski definition) is 51. The number of carbonyl (C=O) groups excluding carboxylic acids is 4. The summed E-state index contributed by atoms with van der Waals surface area (Å²) in [5, 5.41) is 297. The maximum Gasteiger partial charge on any atom is 0.217 e. The molecule has 19 unspecified atom stereocenters. The van der Waals surface area contributed by atoms with Crippen molar-refractivity contribution in [3.63, 3.8) is 0 Å². The van der Waals surface area contributed by atoms with Crippen LogP contribution in [0.3, 0.4) is 0 Å². The van der Waals surface area contributed by atoms with Gasteiger partial charge in [-0.3, -0.25) is 19.2 Å². The van der Waals surface area contributed by atoms with Crippen LogP contribution in [0.15, 0.2) is 0 Å². The van der Waals surface area contributed by atoms with Gasteiger partial charge >= 0.3 is 0 Å². The van der Waals surface area contributed by atoms with E-state index >= 15 is 0 Å². The summed E-state index contributed by atoms with van der Waals surface area (Å²) in [5.74, 6) is -3.04. The van der Waals surface area contributed by atoms with Crippen molar-refractivity contribution in [1.82, 2.24) is 21.3 Å². The molecule has 0 aliphatic carbocycles. The molecule has 33 N–H and O–H groups in total. The molecule has 0 bridgehead atoms. The highest BCUT2D eigenvalue weighted by Gasteiger charge is 2.61. The van der Waals surface area contributed by atoms with Crippen LogP contribution in [-0.4, -0.2) is 528 Å². The van der Waals surface area contributed by atoms with E-state index in [1.807, 2.05) is 0 Å². The molecule has 10 aliphatic heterocycles. The lowest BCUT2D eigenvalue weighted by Gasteiger charge is -2.51. The maximum absolute atomic E-state index is 12.8. The number of nitrogens with one attached hydrogen (secondary N) is 4. The van der Waals surface area contributed by atoms with E-state index < -0.39 is 397 Å². The Labute approximate surface area is 703 Å². The van der Waals surface area contributed by atoms with E-state index in [1.165, 1.54) is 6.92 Å². The first-order valence-corrected chi connectivity index (χ1v) is 39.6. The van der Waals surface area contributed by atoms with Gasteiger partial charge in [-0.05, 0) is 6.92 Å². The molecule has 720 valence electrons. The zero-order valence-electron chi connectivity index (χ0n) is 67.1. The van der Waals surface area contributed by atoms with E-state index in [4.69, 9.17) is 95.7 Å². The first-order chi connectivity index (χ1) is 58.7. The smallest absolute Gasteiger partial charge is 0.217 e. The molecule has 10 rings (SSSR count). The van der Waals surface area contributed by atoms with Gasteiger partial charge in [0.2, 0.25) is 23.6 Å². The predicted octanol–water partition coefficient (Wildman–Crippen LogP) is -21.3. The van der Waals surface area contributed by atoms with Crippen molar-refractivity contribution >= 4 is 23.6 Å². The van der Waals surface area contributed by atoms with Gasteiger partial charge in [-0.1, -0.05) is 0 Å². The lowest BCUT2D eigenvalue weighted by molar-refractivity contribution is -0.396. The molecule has 10 saturated heterocycles. The average Bonchev–Trinajstić information content (AvgIpc) is 0.765. The Morgan fingerprint density at radius 1 is 0.282 bits per heavy atom. The summed E-state index contributed by atoms with van der Waals surface area (Å²) >= 11 is 0. The summed E-state index contributed by atoms with van der Waals surface area (Å²) in [6, 6.07) is -6.42.